The van der Waals surface area contributed by atoms with Crippen molar-refractivity contribution in [1.29, 1.82) is 0 Å². The van der Waals surface area contributed by atoms with Crippen LogP contribution in [0, 0.1) is 0 Å². The minimum absolute atomic E-state index is 0.631. The first-order valence-electron chi connectivity index (χ1n) is 16.5. The van der Waals surface area contributed by atoms with Gasteiger partial charge in [-0.1, -0.05) is 115 Å². The molecule has 49 heavy (non-hydrogen) atoms. The smallest absolute Gasteiger partial charge is 0.227 e. The second-order valence-corrected chi connectivity index (χ2v) is 13.4. The highest BCUT2D eigenvalue weighted by atomic mass is 32.1. The molecule has 0 aliphatic carbocycles. The van der Waals surface area contributed by atoms with Crippen molar-refractivity contribution in [1.82, 2.24) is 4.98 Å². The van der Waals surface area contributed by atoms with Gasteiger partial charge in [-0.05, 0) is 70.9 Å². The summed E-state index contributed by atoms with van der Waals surface area (Å²) in [6, 6.07) is 60.3. The zero-order valence-corrected chi connectivity index (χ0v) is 27.2. The monoisotopic (exact) mass is 644 g/mol. The molecule has 0 radical (unpaired) electrons. The highest BCUT2D eigenvalue weighted by molar-refractivity contribution is 7.25. The summed E-state index contributed by atoms with van der Waals surface area (Å²) in [5, 5.41) is 7.05. The standard InChI is InChI=1S/C45H28N2OS/c1-3-13-30(14-4-1)45-46-37-28-26-29-25-27-33-34(42(29)44(37)48-45)19-11-22-39(33)47(31-15-5-2-6-16-31)38-21-9-7-17-32(38)35-20-12-24-41-43(35)36-18-8-10-23-40(36)49-41/h1-28H. The molecule has 3 nitrogen and oxygen atoms in total. The van der Waals surface area contributed by atoms with E-state index in [0.29, 0.717) is 5.89 Å². The lowest BCUT2D eigenvalue weighted by Gasteiger charge is -2.29. The zero-order chi connectivity index (χ0) is 32.3. The number of anilines is 3. The Morgan fingerprint density at radius 2 is 1.14 bits per heavy atom. The van der Waals surface area contributed by atoms with Crippen LogP contribution in [-0.4, -0.2) is 4.98 Å². The average Bonchev–Trinajstić information content (AvgIpc) is 3.78. The van der Waals surface area contributed by atoms with Gasteiger partial charge in [0.2, 0.25) is 5.89 Å². The van der Waals surface area contributed by atoms with Gasteiger partial charge in [-0.3, -0.25) is 0 Å². The Labute approximate surface area is 286 Å². The zero-order valence-electron chi connectivity index (χ0n) is 26.4. The van der Waals surface area contributed by atoms with Crippen LogP contribution in [0.1, 0.15) is 0 Å². The van der Waals surface area contributed by atoms with E-state index in [1.165, 1.54) is 31.3 Å². The molecule has 0 fully saturated rings. The number of para-hydroxylation sites is 2. The van der Waals surface area contributed by atoms with E-state index in [1.54, 1.807) is 0 Å². The highest BCUT2D eigenvalue weighted by Gasteiger charge is 2.22. The van der Waals surface area contributed by atoms with Gasteiger partial charge in [-0.2, -0.15) is 0 Å². The fourth-order valence-corrected chi connectivity index (χ4v) is 8.45. The van der Waals surface area contributed by atoms with Crippen molar-refractivity contribution in [2.75, 3.05) is 4.90 Å². The Balaban J connectivity index is 1.24. The number of hydrogen-bond donors (Lipinski definition) is 0. The summed E-state index contributed by atoms with van der Waals surface area (Å²) in [4.78, 5) is 7.31. The van der Waals surface area contributed by atoms with Gasteiger partial charge in [-0.25, -0.2) is 4.98 Å². The molecule has 0 unspecified atom stereocenters. The normalized spacial score (nSPS) is 11.7. The van der Waals surface area contributed by atoms with Crippen LogP contribution >= 0.6 is 11.3 Å². The maximum Gasteiger partial charge on any atom is 0.227 e. The SMILES string of the molecule is c1ccc(-c2nc3ccc4ccc5c(N(c6ccccc6)c6ccccc6-c6cccc7sc8ccccc8c67)cccc5c4c3o2)cc1. The Morgan fingerprint density at radius 3 is 2.04 bits per heavy atom. The summed E-state index contributed by atoms with van der Waals surface area (Å²) in [6.45, 7) is 0. The molecule has 10 rings (SSSR count). The lowest BCUT2D eigenvalue weighted by atomic mass is 9.96. The van der Waals surface area contributed by atoms with Gasteiger partial charge < -0.3 is 9.32 Å². The Morgan fingerprint density at radius 1 is 0.469 bits per heavy atom. The van der Waals surface area contributed by atoms with Gasteiger partial charge in [0.15, 0.2) is 5.58 Å². The summed E-state index contributed by atoms with van der Waals surface area (Å²) in [7, 11) is 0. The minimum Gasteiger partial charge on any atom is -0.435 e. The molecule has 0 saturated carbocycles. The third kappa shape index (κ3) is 4.46. The first kappa shape index (κ1) is 27.8. The topological polar surface area (TPSA) is 29.3 Å². The van der Waals surface area contributed by atoms with Crippen molar-refractivity contribution in [3.05, 3.63) is 170 Å². The van der Waals surface area contributed by atoms with Gasteiger partial charge in [-0.15, -0.1) is 11.3 Å². The number of oxazole rings is 1. The number of nitrogens with zero attached hydrogens (tertiary/aromatic N) is 2. The van der Waals surface area contributed by atoms with Crippen LogP contribution in [0.4, 0.5) is 17.1 Å². The molecule has 2 heterocycles. The molecular weight excluding hydrogens is 617 g/mol. The maximum absolute atomic E-state index is 6.57. The molecule has 0 amide bonds. The van der Waals surface area contributed by atoms with E-state index < -0.39 is 0 Å². The Bertz CT molecular complexity index is 2840. The largest absolute Gasteiger partial charge is 0.435 e. The van der Waals surface area contributed by atoms with E-state index >= 15 is 0 Å². The molecule has 8 aromatic carbocycles. The van der Waals surface area contributed by atoms with E-state index in [0.717, 1.165) is 55.3 Å². The van der Waals surface area contributed by atoms with Gasteiger partial charge >= 0.3 is 0 Å². The molecule has 0 aliphatic heterocycles. The number of aromatic nitrogens is 1. The molecule has 0 atom stereocenters. The van der Waals surface area contributed by atoms with Crippen LogP contribution in [0.3, 0.4) is 0 Å². The fourth-order valence-electron chi connectivity index (χ4n) is 7.32. The van der Waals surface area contributed by atoms with Crippen LogP contribution in [-0.2, 0) is 0 Å². The number of benzene rings is 8. The molecule has 0 saturated heterocycles. The van der Waals surface area contributed by atoms with Crippen molar-refractivity contribution in [2.24, 2.45) is 0 Å². The summed E-state index contributed by atoms with van der Waals surface area (Å²) < 4.78 is 9.16. The quantitative estimate of drug-likeness (QED) is 0.175. The van der Waals surface area contributed by atoms with Crippen LogP contribution in [0.5, 0.6) is 0 Å². The number of hydrogen-bond acceptors (Lipinski definition) is 4. The van der Waals surface area contributed by atoms with Crippen molar-refractivity contribution in [3.8, 4) is 22.6 Å². The van der Waals surface area contributed by atoms with Gasteiger partial charge in [0.25, 0.3) is 0 Å². The summed E-state index contributed by atoms with van der Waals surface area (Å²) in [5.74, 6) is 0.631. The van der Waals surface area contributed by atoms with Crippen LogP contribution < -0.4 is 4.90 Å². The molecule has 0 spiro atoms. The lowest BCUT2D eigenvalue weighted by molar-refractivity contribution is 0.623. The third-order valence-electron chi connectivity index (χ3n) is 9.49. The first-order chi connectivity index (χ1) is 24.3. The molecule has 10 aromatic rings. The van der Waals surface area contributed by atoms with E-state index in [4.69, 9.17) is 9.40 Å². The van der Waals surface area contributed by atoms with Crippen molar-refractivity contribution in [3.63, 3.8) is 0 Å². The number of fused-ring (bicyclic) bond motifs is 8. The van der Waals surface area contributed by atoms with Crippen molar-refractivity contribution < 1.29 is 4.42 Å². The molecule has 4 heteroatoms. The second-order valence-electron chi connectivity index (χ2n) is 12.3. The minimum atomic E-state index is 0.631. The van der Waals surface area contributed by atoms with Gasteiger partial charge in [0.1, 0.15) is 5.52 Å². The van der Waals surface area contributed by atoms with Crippen molar-refractivity contribution >= 4 is 81.2 Å². The van der Waals surface area contributed by atoms with E-state index in [-0.39, 0.29) is 0 Å². The lowest BCUT2D eigenvalue weighted by Crippen LogP contribution is -2.11. The molecule has 0 bridgehead atoms. The average molecular weight is 645 g/mol. The second kappa shape index (κ2) is 11.2. The summed E-state index contributed by atoms with van der Waals surface area (Å²) >= 11 is 1.85. The van der Waals surface area contributed by atoms with E-state index in [9.17, 15) is 0 Å². The van der Waals surface area contributed by atoms with Crippen LogP contribution in [0.2, 0.25) is 0 Å². The molecule has 2 aromatic heterocycles. The molecule has 0 aliphatic rings. The van der Waals surface area contributed by atoms with E-state index in [1.807, 2.05) is 41.7 Å². The predicted octanol–water partition coefficient (Wildman–Crippen LogP) is 13.3. The summed E-state index contributed by atoms with van der Waals surface area (Å²) in [6.07, 6.45) is 0. The predicted molar refractivity (Wildman–Crippen MR) is 207 cm³/mol. The highest BCUT2D eigenvalue weighted by Crippen LogP contribution is 2.48. The number of rotatable bonds is 5. The van der Waals surface area contributed by atoms with Gasteiger partial charge in [0, 0.05) is 47.8 Å². The third-order valence-corrected chi connectivity index (χ3v) is 10.6. The van der Waals surface area contributed by atoms with E-state index in [2.05, 4.69) is 144 Å². The first-order valence-corrected chi connectivity index (χ1v) is 17.3. The van der Waals surface area contributed by atoms with Crippen molar-refractivity contribution in [2.45, 2.75) is 0 Å². The summed E-state index contributed by atoms with van der Waals surface area (Å²) in [5.41, 5.74) is 8.35. The molecular formula is C45H28N2OS. The Hall–Kier alpha value is -6.23. The number of thiophene rings is 1. The van der Waals surface area contributed by atoms with Gasteiger partial charge in [0.05, 0.1) is 11.4 Å². The molecule has 230 valence electrons. The Kier molecular flexibility index (Phi) is 6.36. The van der Waals surface area contributed by atoms with Crippen LogP contribution in [0.15, 0.2) is 174 Å². The maximum atomic E-state index is 6.57. The fraction of sp³-hybridized carbons (Fsp3) is 0. The molecule has 0 N–H and O–H groups in total. The van der Waals surface area contributed by atoms with Crippen LogP contribution in [0.25, 0.3) is 75.4 Å².